The van der Waals surface area contributed by atoms with Crippen LogP contribution in [0.15, 0.2) is 77.2 Å². The number of hydrogen-bond acceptors (Lipinski definition) is 6. The number of rotatable bonds is 5. The lowest BCUT2D eigenvalue weighted by Crippen LogP contribution is -2.08. The average Bonchev–Trinajstić information content (AvgIpc) is 3.08. The Bertz CT molecular complexity index is 1250. The lowest BCUT2D eigenvalue weighted by molar-refractivity contribution is 0.0734. The molecule has 7 heteroatoms. The predicted molar refractivity (Wildman–Crippen MR) is 126 cm³/mol. The average molecular weight is 527 g/mol. The van der Waals surface area contributed by atoms with E-state index in [1.807, 2.05) is 30.3 Å². The Labute approximate surface area is 192 Å². The van der Waals surface area contributed by atoms with Gasteiger partial charge in [0.1, 0.15) is 11.5 Å². The van der Waals surface area contributed by atoms with Gasteiger partial charge >= 0.3 is 5.97 Å². The zero-order chi connectivity index (χ0) is 22.0. The Morgan fingerprint density at radius 1 is 1.00 bits per heavy atom. The van der Waals surface area contributed by atoms with Crippen LogP contribution in [0.5, 0.6) is 17.2 Å². The maximum atomic E-state index is 12.7. The van der Waals surface area contributed by atoms with E-state index in [1.54, 1.807) is 49.6 Å². The first kappa shape index (κ1) is 20.8. The van der Waals surface area contributed by atoms with Crippen LogP contribution in [0.1, 0.15) is 10.4 Å². The molecule has 1 heterocycles. The number of hydrogen-bond donors (Lipinski definition) is 2. The van der Waals surface area contributed by atoms with Gasteiger partial charge in [0.15, 0.2) is 11.5 Å². The molecule has 3 N–H and O–H groups in total. The third kappa shape index (κ3) is 4.22. The molecule has 0 saturated carbocycles. The number of methoxy groups -OCH3 is 1. The summed E-state index contributed by atoms with van der Waals surface area (Å²) in [5.41, 5.74) is 7.92. The van der Waals surface area contributed by atoms with E-state index in [1.165, 1.54) is 0 Å². The van der Waals surface area contributed by atoms with Crippen LogP contribution >= 0.6 is 22.6 Å². The number of carbonyl (C=O) groups excluding carboxylic acids is 1. The number of halogens is 1. The minimum atomic E-state index is -0.535. The first-order valence-electron chi connectivity index (χ1n) is 9.30. The van der Waals surface area contributed by atoms with E-state index >= 15 is 0 Å². The van der Waals surface area contributed by atoms with Crippen LogP contribution in [0.3, 0.4) is 0 Å². The number of ether oxygens (including phenoxy) is 2. The molecule has 6 nitrogen and oxygen atoms in total. The molecule has 0 amide bonds. The number of carbonyl (C=O) groups is 1. The van der Waals surface area contributed by atoms with Crippen molar-refractivity contribution in [2.75, 3.05) is 12.8 Å². The molecule has 0 aliphatic carbocycles. The Hall–Kier alpha value is -3.46. The predicted octanol–water partition coefficient (Wildman–Crippen LogP) is 5.73. The number of furan rings is 1. The van der Waals surface area contributed by atoms with Crippen molar-refractivity contribution < 1.29 is 23.8 Å². The molecule has 0 fully saturated rings. The van der Waals surface area contributed by atoms with Crippen molar-refractivity contribution in [2.45, 2.75) is 0 Å². The Morgan fingerprint density at radius 2 is 1.74 bits per heavy atom. The maximum absolute atomic E-state index is 12.7. The molecule has 0 aliphatic rings. The highest BCUT2D eigenvalue weighted by Crippen LogP contribution is 2.45. The zero-order valence-corrected chi connectivity index (χ0v) is 18.6. The van der Waals surface area contributed by atoms with Gasteiger partial charge in [0.2, 0.25) is 5.88 Å². The lowest BCUT2D eigenvalue weighted by Gasteiger charge is -2.08. The van der Waals surface area contributed by atoms with E-state index < -0.39 is 5.97 Å². The summed E-state index contributed by atoms with van der Waals surface area (Å²) in [7, 11) is 1.58. The molecule has 1 aromatic heterocycles. The van der Waals surface area contributed by atoms with Gasteiger partial charge in [0.25, 0.3) is 0 Å². The highest BCUT2D eigenvalue weighted by Gasteiger charge is 2.22. The normalized spacial score (nSPS) is 10.6. The Kier molecular flexibility index (Phi) is 5.85. The summed E-state index contributed by atoms with van der Waals surface area (Å²) in [4.78, 5) is 12.7. The number of nitrogens with two attached hydrogens (primary N) is 1. The topological polar surface area (TPSA) is 94.9 Å². The van der Waals surface area contributed by atoms with Gasteiger partial charge in [-0.2, -0.15) is 0 Å². The first-order valence-corrected chi connectivity index (χ1v) is 10.4. The summed E-state index contributed by atoms with van der Waals surface area (Å²) >= 11 is 2.11. The van der Waals surface area contributed by atoms with Crippen LogP contribution in [-0.4, -0.2) is 18.2 Å². The zero-order valence-electron chi connectivity index (χ0n) is 16.5. The molecule has 3 aromatic carbocycles. The van der Waals surface area contributed by atoms with Crippen molar-refractivity contribution >= 4 is 34.4 Å². The van der Waals surface area contributed by atoms with Crippen molar-refractivity contribution in [3.8, 4) is 39.7 Å². The lowest BCUT2D eigenvalue weighted by atomic mass is 10.0. The van der Waals surface area contributed by atoms with Crippen LogP contribution in [0, 0.1) is 3.57 Å². The molecule has 0 spiro atoms. The first-order chi connectivity index (χ1) is 15.0. The molecular weight excluding hydrogens is 509 g/mol. The van der Waals surface area contributed by atoms with Crippen LogP contribution < -0.4 is 15.2 Å². The van der Waals surface area contributed by atoms with Crippen molar-refractivity contribution in [3.05, 3.63) is 81.9 Å². The molecular formula is C24H18INO5. The second-order valence-corrected chi connectivity index (χ2v) is 7.81. The molecule has 0 aliphatic heterocycles. The van der Waals surface area contributed by atoms with Gasteiger partial charge in [-0.15, -0.1) is 0 Å². The van der Waals surface area contributed by atoms with E-state index in [-0.39, 0.29) is 17.4 Å². The highest BCUT2D eigenvalue weighted by atomic mass is 127. The van der Waals surface area contributed by atoms with Crippen molar-refractivity contribution in [3.63, 3.8) is 0 Å². The molecule has 156 valence electrons. The van der Waals surface area contributed by atoms with Gasteiger partial charge in [0.05, 0.1) is 21.8 Å². The molecule has 0 unspecified atom stereocenters. The largest absolute Gasteiger partial charge is 0.504 e. The van der Waals surface area contributed by atoms with E-state index in [0.29, 0.717) is 33.8 Å². The number of nitrogen functional groups attached to an aromatic ring is 1. The number of benzene rings is 3. The van der Waals surface area contributed by atoms with Gasteiger partial charge in [0, 0.05) is 5.56 Å². The van der Waals surface area contributed by atoms with E-state index in [4.69, 9.17) is 19.6 Å². The van der Waals surface area contributed by atoms with Crippen molar-refractivity contribution in [1.82, 2.24) is 0 Å². The van der Waals surface area contributed by atoms with E-state index in [2.05, 4.69) is 22.6 Å². The molecule has 0 radical (unpaired) electrons. The minimum absolute atomic E-state index is 0.0616. The van der Waals surface area contributed by atoms with Crippen LogP contribution in [0.25, 0.3) is 22.5 Å². The molecule has 0 bridgehead atoms. The van der Waals surface area contributed by atoms with Gasteiger partial charge in [-0.3, -0.25) is 0 Å². The summed E-state index contributed by atoms with van der Waals surface area (Å²) in [6.07, 6.45) is 0. The van der Waals surface area contributed by atoms with Crippen LogP contribution in [0.4, 0.5) is 5.88 Å². The fourth-order valence-corrected chi connectivity index (χ4v) is 3.89. The second-order valence-electron chi connectivity index (χ2n) is 6.65. The summed E-state index contributed by atoms with van der Waals surface area (Å²) in [6, 6.07) is 20.9. The van der Waals surface area contributed by atoms with E-state index in [9.17, 15) is 9.90 Å². The summed E-state index contributed by atoms with van der Waals surface area (Å²) in [5, 5.41) is 10.8. The van der Waals surface area contributed by atoms with Crippen molar-refractivity contribution in [2.24, 2.45) is 0 Å². The quantitative estimate of drug-likeness (QED) is 0.196. The molecule has 0 saturated heterocycles. The monoisotopic (exact) mass is 527 g/mol. The highest BCUT2D eigenvalue weighted by molar-refractivity contribution is 14.1. The molecule has 4 rings (SSSR count). The summed E-state index contributed by atoms with van der Waals surface area (Å²) in [6.45, 7) is 0. The summed E-state index contributed by atoms with van der Waals surface area (Å²) < 4.78 is 17.1. The molecule has 4 aromatic rings. The molecule has 0 atom stereocenters. The third-order valence-electron chi connectivity index (χ3n) is 4.67. The number of anilines is 1. The van der Waals surface area contributed by atoms with Gasteiger partial charge in [-0.1, -0.05) is 42.5 Å². The fourth-order valence-electron chi connectivity index (χ4n) is 3.18. The number of aromatic hydroxyl groups is 1. The SMILES string of the molecule is COc1ccc(OC(=O)c2cccc(-c3c(N)oc(-c4ccccc4)c3O)c2)cc1I. The van der Waals surface area contributed by atoms with Crippen LogP contribution in [0.2, 0.25) is 0 Å². The van der Waals surface area contributed by atoms with Crippen LogP contribution in [-0.2, 0) is 0 Å². The third-order valence-corrected chi connectivity index (χ3v) is 5.51. The van der Waals surface area contributed by atoms with E-state index in [0.717, 1.165) is 3.57 Å². The fraction of sp³-hybridized carbons (Fsp3) is 0.0417. The Morgan fingerprint density at radius 3 is 2.45 bits per heavy atom. The number of esters is 1. The smallest absolute Gasteiger partial charge is 0.343 e. The Balaban J connectivity index is 1.64. The van der Waals surface area contributed by atoms with Gasteiger partial charge in [-0.25, -0.2) is 4.79 Å². The second kappa shape index (κ2) is 8.73. The maximum Gasteiger partial charge on any atom is 0.343 e. The van der Waals surface area contributed by atoms with Crippen molar-refractivity contribution in [1.29, 1.82) is 0 Å². The minimum Gasteiger partial charge on any atom is -0.504 e. The molecule has 31 heavy (non-hydrogen) atoms. The van der Waals surface area contributed by atoms with Gasteiger partial charge in [-0.05, 0) is 58.5 Å². The summed E-state index contributed by atoms with van der Waals surface area (Å²) in [5.74, 6) is 0.812. The standard InChI is InChI=1S/C24H18INO5/c1-29-19-11-10-17(13-18(19)25)30-24(28)16-9-5-8-15(12-16)20-21(27)22(31-23(20)26)14-6-3-2-4-7-14/h2-13,27H,26H2,1H3. The van der Waals surface area contributed by atoms with Gasteiger partial charge < -0.3 is 24.7 Å².